The number of carbonyl (C=O) groups excluding carboxylic acids is 2. The number of fused-ring (bicyclic) bond motifs is 1. The summed E-state index contributed by atoms with van der Waals surface area (Å²) in [6, 6.07) is 38.7. The Kier molecular flexibility index (Phi) is 7.75. The van der Waals surface area contributed by atoms with Crippen molar-refractivity contribution in [2.24, 2.45) is 0 Å². The van der Waals surface area contributed by atoms with Gasteiger partial charge in [-0.05, 0) is 41.2 Å². The molecule has 2 fully saturated rings. The maximum atomic E-state index is 14.7. The van der Waals surface area contributed by atoms with Crippen molar-refractivity contribution in [3.63, 3.8) is 0 Å². The van der Waals surface area contributed by atoms with Gasteiger partial charge in [0, 0.05) is 55.6 Å². The van der Waals surface area contributed by atoms with Crippen molar-refractivity contribution in [3.05, 3.63) is 144 Å². The molecule has 2 aliphatic rings. The van der Waals surface area contributed by atoms with E-state index in [4.69, 9.17) is 0 Å². The van der Waals surface area contributed by atoms with E-state index in [0.717, 1.165) is 47.2 Å². The summed E-state index contributed by atoms with van der Waals surface area (Å²) in [5.74, 6) is -0.0790. The first-order valence-corrected chi connectivity index (χ1v) is 15.6. The molecule has 44 heavy (non-hydrogen) atoms. The van der Waals surface area contributed by atoms with Crippen molar-refractivity contribution in [1.82, 2.24) is 20.1 Å². The van der Waals surface area contributed by atoms with Crippen LogP contribution < -0.4 is 5.32 Å². The van der Waals surface area contributed by atoms with Gasteiger partial charge < -0.3 is 15.2 Å². The first-order valence-electron chi connectivity index (χ1n) is 15.6. The number of piperazine rings is 1. The molecule has 3 heterocycles. The van der Waals surface area contributed by atoms with E-state index in [1.165, 1.54) is 5.56 Å². The Morgan fingerprint density at radius 1 is 0.750 bits per heavy atom. The molecule has 2 amide bonds. The van der Waals surface area contributed by atoms with E-state index < -0.39 is 11.6 Å². The predicted molar refractivity (Wildman–Crippen MR) is 174 cm³/mol. The average molecular weight is 583 g/mol. The van der Waals surface area contributed by atoms with Crippen LogP contribution in [0.25, 0.3) is 10.9 Å². The molecule has 2 aliphatic heterocycles. The number of amides is 2. The highest BCUT2D eigenvalue weighted by Crippen LogP contribution is 2.37. The second-order valence-corrected chi connectivity index (χ2v) is 12.2. The van der Waals surface area contributed by atoms with E-state index in [-0.39, 0.29) is 17.7 Å². The number of H-pyrrole nitrogens is 1. The molecule has 7 rings (SSSR count). The van der Waals surface area contributed by atoms with Gasteiger partial charge in [0.05, 0.1) is 0 Å². The average Bonchev–Trinajstić information content (AvgIpc) is 3.48. The maximum Gasteiger partial charge on any atom is 0.246 e. The number of para-hydroxylation sites is 1. The molecule has 4 aromatic carbocycles. The number of piperidine rings is 1. The Labute approximate surface area is 258 Å². The van der Waals surface area contributed by atoms with Crippen molar-refractivity contribution >= 4 is 22.7 Å². The van der Waals surface area contributed by atoms with Gasteiger partial charge in [0.2, 0.25) is 11.8 Å². The van der Waals surface area contributed by atoms with E-state index in [1.54, 1.807) is 0 Å². The zero-order chi connectivity index (χ0) is 29.9. The van der Waals surface area contributed by atoms with Crippen LogP contribution in [0.1, 0.15) is 41.0 Å². The van der Waals surface area contributed by atoms with E-state index in [0.29, 0.717) is 25.8 Å². The van der Waals surface area contributed by atoms with Crippen LogP contribution >= 0.6 is 0 Å². The normalized spacial score (nSPS) is 18.7. The van der Waals surface area contributed by atoms with Gasteiger partial charge in [0.25, 0.3) is 0 Å². The standard InChI is InChI=1S/C38H38N4O2/c43-36-35(24-31-25-39-34-19-11-10-18-32(31)34)40-37(44)38(20-22-41(23-21-38)26-28-12-4-1-5-13-28)42(36)27-33(29-14-6-2-7-15-29)30-16-8-3-9-17-30/h1-19,25,33,35,39H,20-24,26-27H2,(H,40,44). The Balaban J connectivity index is 1.22. The van der Waals surface area contributed by atoms with Crippen LogP contribution in [0.3, 0.4) is 0 Å². The maximum absolute atomic E-state index is 14.7. The van der Waals surface area contributed by atoms with Crippen molar-refractivity contribution in [3.8, 4) is 0 Å². The summed E-state index contributed by atoms with van der Waals surface area (Å²) in [6.07, 6.45) is 3.63. The minimum Gasteiger partial charge on any atom is -0.361 e. The summed E-state index contributed by atoms with van der Waals surface area (Å²) in [7, 11) is 0. The van der Waals surface area contributed by atoms with E-state index in [1.807, 2.05) is 71.8 Å². The number of hydrogen-bond donors (Lipinski definition) is 2. The number of likely N-dealkylation sites (tertiary alicyclic amines) is 1. The third-order valence-electron chi connectivity index (χ3n) is 9.61. The van der Waals surface area contributed by atoms with Crippen LogP contribution in [0.5, 0.6) is 0 Å². The zero-order valence-electron chi connectivity index (χ0n) is 24.9. The minimum atomic E-state index is -0.886. The highest BCUT2D eigenvalue weighted by Gasteiger charge is 2.54. The number of aromatic amines is 1. The summed E-state index contributed by atoms with van der Waals surface area (Å²) in [6.45, 7) is 2.79. The molecule has 2 N–H and O–H groups in total. The van der Waals surface area contributed by atoms with E-state index in [2.05, 4.69) is 69.8 Å². The molecule has 1 atom stereocenters. The van der Waals surface area contributed by atoms with Crippen LogP contribution in [-0.4, -0.2) is 57.8 Å². The van der Waals surface area contributed by atoms with Gasteiger partial charge in [-0.3, -0.25) is 14.5 Å². The first-order chi connectivity index (χ1) is 21.6. The van der Waals surface area contributed by atoms with Crippen LogP contribution in [-0.2, 0) is 22.6 Å². The fraction of sp³-hybridized carbons (Fsp3) is 0.263. The monoisotopic (exact) mass is 582 g/mol. The molecular formula is C38H38N4O2. The first kappa shape index (κ1) is 28.1. The third kappa shape index (κ3) is 5.42. The van der Waals surface area contributed by atoms with Gasteiger partial charge in [-0.1, -0.05) is 109 Å². The minimum absolute atomic E-state index is 0.00301. The fourth-order valence-electron chi connectivity index (χ4n) is 7.18. The number of nitrogens with one attached hydrogen (secondary N) is 2. The van der Waals surface area contributed by atoms with Gasteiger partial charge >= 0.3 is 0 Å². The molecule has 0 radical (unpaired) electrons. The van der Waals surface area contributed by atoms with Gasteiger partial charge in [-0.2, -0.15) is 0 Å². The summed E-state index contributed by atoms with van der Waals surface area (Å²) < 4.78 is 0. The summed E-state index contributed by atoms with van der Waals surface area (Å²) in [5, 5.41) is 4.30. The lowest BCUT2D eigenvalue weighted by Crippen LogP contribution is -2.73. The lowest BCUT2D eigenvalue weighted by Gasteiger charge is -2.52. The molecule has 5 aromatic rings. The van der Waals surface area contributed by atoms with Crippen molar-refractivity contribution in [2.45, 2.75) is 43.3 Å². The van der Waals surface area contributed by atoms with Crippen molar-refractivity contribution < 1.29 is 9.59 Å². The number of benzene rings is 4. The van der Waals surface area contributed by atoms with Crippen molar-refractivity contribution in [1.29, 1.82) is 0 Å². The smallest absolute Gasteiger partial charge is 0.246 e. The highest BCUT2D eigenvalue weighted by molar-refractivity contribution is 6.00. The molecule has 6 nitrogen and oxygen atoms in total. The summed E-state index contributed by atoms with van der Waals surface area (Å²) in [5.41, 5.74) is 4.73. The van der Waals surface area contributed by atoms with Gasteiger partial charge in [-0.25, -0.2) is 0 Å². The molecule has 1 spiro atoms. The predicted octanol–water partition coefficient (Wildman–Crippen LogP) is 5.90. The molecule has 1 aromatic heterocycles. The molecule has 0 bridgehead atoms. The van der Waals surface area contributed by atoms with E-state index in [9.17, 15) is 9.59 Å². The van der Waals surface area contributed by atoms with Gasteiger partial charge in [0.1, 0.15) is 11.6 Å². The lowest BCUT2D eigenvalue weighted by atomic mass is 9.79. The van der Waals surface area contributed by atoms with Crippen LogP contribution in [0.4, 0.5) is 0 Å². The third-order valence-corrected chi connectivity index (χ3v) is 9.61. The Hall–Kier alpha value is -4.68. The van der Waals surface area contributed by atoms with Gasteiger partial charge in [0.15, 0.2) is 0 Å². The fourth-order valence-corrected chi connectivity index (χ4v) is 7.18. The Morgan fingerprint density at radius 3 is 2.00 bits per heavy atom. The van der Waals surface area contributed by atoms with Gasteiger partial charge in [-0.15, -0.1) is 0 Å². The lowest BCUT2D eigenvalue weighted by molar-refractivity contribution is -0.161. The Bertz CT molecular complexity index is 1690. The number of hydrogen-bond acceptors (Lipinski definition) is 3. The molecule has 6 heteroatoms. The molecular weight excluding hydrogens is 544 g/mol. The largest absolute Gasteiger partial charge is 0.361 e. The summed E-state index contributed by atoms with van der Waals surface area (Å²) in [4.78, 5) is 36.7. The molecule has 2 saturated heterocycles. The van der Waals surface area contributed by atoms with Crippen LogP contribution in [0.2, 0.25) is 0 Å². The zero-order valence-corrected chi connectivity index (χ0v) is 24.9. The van der Waals surface area contributed by atoms with Crippen LogP contribution in [0, 0.1) is 0 Å². The number of aromatic nitrogens is 1. The van der Waals surface area contributed by atoms with Crippen LogP contribution in [0.15, 0.2) is 121 Å². The molecule has 222 valence electrons. The van der Waals surface area contributed by atoms with Crippen molar-refractivity contribution in [2.75, 3.05) is 19.6 Å². The highest BCUT2D eigenvalue weighted by atomic mass is 16.2. The quantitative estimate of drug-likeness (QED) is 0.239. The summed E-state index contributed by atoms with van der Waals surface area (Å²) >= 11 is 0. The number of carbonyl (C=O) groups is 2. The Morgan fingerprint density at radius 2 is 1.34 bits per heavy atom. The topological polar surface area (TPSA) is 68.4 Å². The number of nitrogens with zero attached hydrogens (tertiary/aromatic N) is 2. The SMILES string of the molecule is O=C1C(Cc2c[nH]c3ccccc23)NC(=O)C2(CCN(Cc3ccccc3)CC2)N1CC(c1ccccc1)c1ccccc1. The molecule has 0 saturated carbocycles. The second-order valence-electron chi connectivity index (χ2n) is 12.2. The number of rotatable bonds is 8. The second kappa shape index (κ2) is 12.1. The molecule has 1 unspecified atom stereocenters. The van der Waals surface area contributed by atoms with E-state index >= 15 is 0 Å². The molecule has 0 aliphatic carbocycles.